The molecule has 0 bridgehead atoms. The van der Waals surface area contributed by atoms with E-state index in [-0.39, 0.29) is 16.3 Å². The van der Waals surface area contributed by atoms with Crippen molar-refractivity contribution in [3.05, 3.63) is 29.8 Å². The fourth-order valence-corrected chi connectivity index (χ4v) is 4.47. The molecular formula is C19H31N3O3S. The highest BCUT2D eigenvalue weighted by atomic mass is 32.2. The molecule has 1 amide bonds. The number of carbonyl (C=O) groups is 1. The Bertz CT molecular complexity index is 721. The van der Waals surface area contributed by atoms with Crippen molar-refractivity contribution in [1.29, 1.82) is 0 Å². The third-order valence-electron chi connectivity index (χ3n) is 5.44. The summed E-state index contributed by atoms with van der Waals surface area (Å²) in [4.78, 5) is 15.0. The highest BCUT2D eigenvalue weighted by Gasteiger charge is 2.33. The van der Waals surface area contributed by atoms with Crippen LogP contribution in [0.4, 0.5) is 0 Å². The van der Waals surface area contributed by atoms with E-state index in [1.54, 1.807) is 12.1 Å². The van der Waals surface area contributed by atoms with Gasteiger partial charge in [-0.25, -0.2) is 12.7 Å². The quantitative estimate of drug-likeness (QED) is 0.768. The van der Waals surface area contributed by atoms with Crippen molar-refractivity contribution in [2.24, 2.45) is 0 Å². The van der Waals surface area contributed by atoms with Gasteiger partial charge in [0.25, 0.3) is 5.91 Å². The van der Waals surface area contributed by atoms with Crippen LogP contribution >= 0.6 is 0 Å². The molecule has 1 aromatic carbocycles. The lowest BCUT2D eigenvalue weighted by Gasteiger charge is -2.39. The van der Waals surface area contributed by atoms with E-state index in [2.05, 4.69) is 24.3 Å². The molecular weight excluding hydrogens is 350 g/mol. The third-order valence-corrected chi connectivity index (χ3v) is 7.25. The molecule has 0 aliphatic heterocycles. The molecule has 1 aliphatic rings. The van der Waals surface area contributed by atoms with Gasteiger partial charge in [0, 0.05) is 31.7 Å². The minimum absolute atomic E-state index is 0.0283. The summed E-state index contributed by atoms with van der Waals surface area (Å²) in [6, 6.07) is 6.22. The summed E-state index contributed by atoms with van der Waals surface area (Å²) >= 11 is 0. The molecule has 6 nitrogen and oxygen atoms in total. The number of likely N-dealkylation sites (N-methyl/N-ethyl adjacent to an activating group) is 1. The summed E-state index contributed by atoms with van der Waals surface area (Å²) < 4.78 is 25.7. The molecule has 0 unspecified atom stereocenters. The predicted octanol–water partition coefficient (Wildman–Crippen LogP) is 2.32. The Kier molecular flexibility index (Phi) is 6.82. The summed E-state index contributed by atoms with van der Waals surface area (Å²) in [7, 11) is 3.55. The summed E-state index contributed by atoms with van der Waals surface area (Å²) in [5, 5.41) is 3.04. The van der Waals surface area contributed by atoms with Crippen LogP contribution in [0.3, 0.4) is 0 Å². The minimum atomic E-state index is -3.55. The second kappa shape index (κ2) is 8.50. The van der Waals surface area contributed by atoms with E-state index in [1.807, 2.05) is 0 Å². The molecule has 1 N–H and O–H groups in total. The average molecular weight is 382 g/mol. The van der Waals surface area contributed by atoms with Gasteiger partial charge in [-0.2, -0.15) is 0 Å². The predicted molar refractivity (Wildman–Crippen MR) is 104 cm³/mol. The molecule has 0 spiro atoms. The van der Waals surface area contributed by atoms with Crippen LogP contribution in [-0.2, 0) is 10.0 Å². The number of amides is 1. The maximum atomic E-state index is 12.6. The molecule has 1 aromatic rings. The van der Waals surface area contributed by atoms with Gasteiger partial charge in [0.15, 0.2) is 0 Å². The zero-order chi connectivity index (χ0) is 19.4. The number of sulfonamides is 1. The molecule has 2 rings (SSSR count). The Labute approximate surface area is 157 Å². The van der Waals surface area contributed by atoms with Crippen LogP contribution in [0.2, 0.25) is 0 Å². The Morgan fingerprint density at radius 3 is 2.23 bits per heavy atom. The van der Waals surface area contributed by atoms with Crippen molar-refractivity contribution in [1.82, 2.24) is 14.5 Å². The second-order valence-corrected chi connectivity index (χ2v) is 9.68. The Balaban J connectivity index is 2.14. The number of hydrogen-bond acceptors (Lipinski definition) is 4. The van der Waals surface area contributed by atoms with Crippen LogP contribution < -0.4 is 5.32 Å². The lowest BCUT2D eigenvalue weighted by atomic mass is 9.88. The highest BCUT2D eigenvalue weighted by molar-refractivity contribution is 7.89. The second-order valence-electron chi connectivity index (χ2n) is 7.53. The zero-order valence-corrected chi connectivity index (χ0v) is 17.1. The average Bonchev–Trinajstić information content (AvgIpc) is 2.86. The Hall–Kier alpha value is -1.44. The molecule has 0 aromatic heterocycles. The van der Waals surface area contributed by atoms with E-state index in [9.17, 15) is 13.2 Å². The number of nitrogens with zero attached hydrogens (tertiary/aromatic N) is 2. The maximum absolute atomic E-state index is 12.6. The first-order valence-electron chi connectivity index (χ1n) is 9.17. The summed E-state index contributed by atoms with van der Waals surface area (Å²) in [6.07, 6.45) is 6.96. The van der Waals surface area contributed by atoms with Gasteiger partial charge >= 0.3 is 0 Å². The fourth-order valence-electron chi connectivity index (χ4n) is 3.52. The first-order chi connectivity index (χ1) is 12.2. The molecule has 0 radical (unpaired) electrons. The van der Waals surface area contributed by atoms with E-state index < -0.39 is 10.0 Å². The highest BCUT2D eigenvalue weighted by Crippen LogP contribution is 2.30. The maximum Gasteiger partial charge on any atom is 0.251 e. The number of hydrogen-bond donors (Lipinski definition) is 1. The van der Waals surface area contributed by atoms with Gasteiger partial charge in [-0.05, 0) is 45.1 Å². The summed E-state index contributed by atoms with van der Waals surface area (Å²) in [6.45, 7) is 0.573. The summed E-state index contributed by atoms with van der Waals surface area (Å²) in [5.41, 5.74) is 0.342. The first-order valence-corrected chi connectivity index (χ1v) is 10.6. The largest absolute Gasteiger partial charge is 0.350 e. The molecule has 7 heteroatoms. The SMILES string of the molecule is CN(C)C1(CNC(=O)c2cccc(S(=O)(=O)N(C)C)c2)CCCCCC1. The monoisotopic (exact) mass is 381 g/mol. The molecule has 26 heavy (non-hydrogen) atoms. The standard InChI is InChI=1S/C19H31N3O3S/c1-21(2)19(12-7-5-6-8-13-19)15-20-18(23)16-10-9-11-17(14-16)26(24,25)22(3)4/h9-11,14H,5-8,12-13,15H2,1-4H3,(H,20,23). The van der Waals surface area contributed by atoms with Crippen LogP contribution in [-0.4, -0.2) is 63.8 Å². The van der Waals surface area contributed by atoms with E-state index in [1.165, 1.54) is 51.9 Å². The smallest absolute Gasteiger partial charge is 0.251 e. The number of carbonyl (C=O) groups excluding carboxylic acids is 1. The van der Waals surface area contributed by atoms with Gasteiger partial charge in [-0.3, -0.25) is 4.79 Å². The van der Waals surface area contributed by atoms with Gasteiger partial charge in [0.2, 0.25) is 10.0 Å². The van der Waals surface area contributed by atoms with Gasteiger partial charge < -0.3 is 10.2 Å². The van der Waals surface area contributed by atoms with E-state index >= 15 is 0 Å². The normalized spacial score (nSPS) is 17.9. The third kappa shape index (κ3) is 4.64. The molecule has 1 aliphatic carbocycles. The fraction of sp³-hybridized carbons (Fsp3) is 0.632. The molecule has 1 fully saturated rings. The molecule has 146 valence electrons. The van der Waals surface area contributed by atoms with Crippen LogP contribution in [0.25, 0.3) is 0 Å². The molecule has 0 atom stereocenters. The van der Waals surface area contributed by atoms with Crippen molar-refractivity contribution in [2.75, 3.05) is 34.7 Å². The molecule has 0 heterocycles. The van der Waals surface area contributed by atoms with E-state index in [0.29, 0.717) is 12.1 Å². The topological polar surface area (TPSA) is 69.7 Å². The van der Waals surface area contributed by atoms with Gasteiger partial charge in [0.1, 0.15) is 0 Å². The lowest BCUT2D eigenvalue weighted by Crippen LogP contribution is -2.52. The Morgan fingerprint density at radius 1 is 1.08 bits per heavy atom. The zero-order valence-electron chi connectivity index (χ0n) is 16.3. The summed E-state index contributed by atoms with van der Waals surface area (Å²) in [5.74, 6) is -0.230. The first kappa shape index (κ1) is 20.9. The van der Waals surface area contributed by atoms with Crippen molar-refractivity contribution in [3.8, 4) is 0 Å². The number of benzene rings is 1. The van der Waals surface area contributed by atoms with Gasteiger partial charge in [0.05, 0.1) is 4.90 Å². The lowest BCUT2D eigenvalue weighted by molar-refractivity contribution is 0.0869. The van der Waals surface area contributed by atoms with Crippen molar-refractivity contribution >= 4 is 15.9 Å². The van der Waals surface area contributed by atoms with Crippen molar-refractivity contribution < 1.29 is 13.2 Å². The van der Waals surface area contributed by atoms with Crippen LogP contribution in [0.5, 0.6) is 0 Å². The molecule has 0 saturated heterocycles. The number of rotatable bonds is 6. The molecule has 1 saturated carbocycles. The minimum Gasteiger partial charge on any atom is -0.350 e. The van der Waals surface area contributed by atoms with Crippen molar-refractivity contribution in [2.45, 2.75) is 49.0 Å². The number of nitrogens with one attached hydrogen (secondary N) is 1. The van der Waals surface area contributed by atoms with Gasteiger partial charge in [-0.15, -0.1) is 0 Å². The van der Waals surface area contributed by atoms with Crippen LogP contribution in [0, 0.1) is 0 Å². The van der Waals surface area contributed by atoms with Gasteiger partial charge in [-0.1, -0.05) is 31.7 Å². The Morgan fingerprint density at radius 2 is 1.69 bits per heavy atom. The van der Waals surface area contributed by atoms with Crippen molar-refractivity contribution in [3.63, 3.8) is 0 Å². The van der Waals surface area contributed by atoms with E-state index in [0.717, 1.165) is 17.1 Å². The van der Waals surface area contributed by atoms with Crippen LogP contribution in [0.1, 0.15) is 48.9 Å². The van der Waals surface area contributed by atoms with E-state index in [4.69, 9.17) is 0 Å². The van der Waals surface area contributed by atoms with Crippen LogP contribution in [0.15, 0.2) is 29.2 Å².